The molecule has 4 aromatic rings. The van der Waals surface area contributed by atoms with Crippen LogP contribution in [0.4, 0.5) is 0 Å². The molecule has 0 saturated carbocycles. The van der Waals surface area contributed by atoms with E-state index in [2.05, 4.69) is 28.9 Å². The third-order valence-corrected chi connectivity index (χ3v) is 5.38. The maximum Gasteiger partial charge on any atom is 0.200 e. The number of aromatic nitrogens is 3. The Hall–Kier alpha value is -3.38. The van der Waals surface area contributed by atoms with Crippen LogP contribution in [0.5, 0.6) is 0 Å². The molecule has 4 rings (SSSR count). The van der Waals surface area contributed by atoms with Gasteiger partial charge in [-0.3, -0.25) is 9.36 Å². The molecule has 0 radical (unpaired) electrons. The summed E-state index contributed by atoms with van der Waals surface area (Å²) in [4.78, 5) is 12.7. The number of allylic oxidation sites excluding steroid dienone is 1. The van der Waals surface area contributed by atoms with Gasteiger partial charge in [-0.2, -0.15) is 0 Å². The standard InChI is InChI=1S/C23H19N3O2S/c1-2-14-26-22(21-9-6-15-28-21)24-25-23(26)29-16-20(27)19-12-10-18(11-13-19)17-7-4-3-5-8-17/h2-13,15H,1,14,16H2. The second-order valence-electron chi connectivity index (χ2n) is 6.34. The van der Waals surface area contributed by atoms with Gasteiger partial charge < -0.3 is 4.42 Å². The maximum absolute atomic E-state index is 12.7. The van der Waals surface area contributed by atoms with E-state index in [-0.39, 0.29) is 11.5 Å². The van der Waals surface area contributed by atoms with Crippen molar-refractivity contribution in [2.75, 3.05) is 5.75 Å². The fraction of sp³-hybridized carbons (Fsp3) is 0.0870. The molecule has 0 spiro atoms. The number of thioether (sulfide) groups is 1. The molecule has 29 heavy (non-hydrogen) atoms. The zero-order valence-electron chi connectivity index (χ0n) is 15.7. The Kier molecular flexibility index (Phi) is 5.72. The summed E-state index contributed by atoms with van der Waals surface area (Å²) in [7, 11) is 0. The lowest BCUT2D eigenvalue weighted by atomic mass is 10.0. The molecule has 0 N–H and O–H groups in total. The molecule has 2 aromatic heterocycles. The van der Waals surface area contributed by atoms with Gasteiger partial charge in [0.15, 0.2) is 16.7 Å². The number of carbonyl (C=O) groups is 1. The van der Waals surface area contributed by atoms with Gasteiger partial charge in [-0.25, -0.2) is 0 Å². The third-order valence-electron chi connectivity index (χ3n) is 4.42. The molecule has 2 aromatic carbocycles. The van der Waals surface area contributed by atoms with Crippen LogP contribution in [0.3, 0.4) is 0 Å². The summed E-state index contributed by atoms with van der Waals surface area (Å²) >= 11 is 1.36. The lowest BCUT2D eigenvalue weighted by Gasteiger charge is -2.06. The van der Waals surface area contributed by atoms with Crippen LogP contribution in [0.25, 0.3) is 22.7 Å². The molecule has 0 aliphatic carbocycles. The Morgan fingerprint density at radius 3 is 2.45 bits per heavy atom. The van der Waals surface area contributed by atoms with E-state index in [9.17, 15) is 4.79 Å². The van der Waals surface area contributed by atoms with Crippen LogP contribution in [0, 0.1) is 0 Å². The zero-order valence-corrected chi connectivity index (χ0v) is 16.5. The molecule has 144 valence electrons. The van der Waals surface area contributed by atoms with Gasteiger partial charge in [0.1, 0.15) is 0 Å². The van der Waals surface area contributed by atoms with Crippen molar-refractivity contribution in [1.82, 2.24) is 14.8 Å². The highest BCUT2D eigenvalue weighted by Gasteiger charge is 2.17. The van der Waals surface area contributed by atoms with Crippen LogP contribution in [0.2, 0.25) is 0 Å². The van der Waals surface area contributed by atoms with Crippen LogP contribution < -0.4 is 0 Å². The van der Waals surface area contributed by atoms with Gasteiger partial charge >= 0.3 is 0 Å². The largest absolute Gasteiger partial charge is 0.461 e. The first-order chi connectivity index (χ1) is 14.3. The fourth-order valence-electron chi connectivity index (χ4n) is 2.97. The lowest BCUT2D eigenvalue weighted by molar-refractivity contribution is 0.102. The monoisotopic (exact) mass is 401 g/mol. The number of hydrogen-bond donors (Lipinski definition) is 0. The van der Waals surface area contributed by atoms with E-state index in [1.807, 2.05) is 53.1 Å². The highest BCUT2D eigenvalue weighted by molar-refractivity contribution is 7.99. The van der Waals surface area contributed by atoms with Crippen LogP contribution in [0.1, 0.15) is 10.4 Å². The molecule has 2 heterocycles. The summed E-state index contributed by atoms with van der Waals surface area (Å²) in [5.41, 5.74) is 2.89. The summed E-state index contributed by atoms with van der Waals surface area (Å²) in [6.45, 7) is 4.32. The van der Waals surface area contributed by atoms with Crippen molar-refractivity contribution in [1.29, 1.82) is 0 Å². The van der Waals surface area contributed by atoms with Crippen molar-refractivity contribution in [3.63, 3.8) is 0 Å². The summed E-state index contributed by atoms with van der Waals surface area (Å²) in [6, 6.07) is 21.4. The minimum absolute atomic E-state index is 0.0438. The first-order valence-corrected chi connectivity index (χ1v) is 10.1. The van der Waals surface area contributed by atoms with Crippen LogP contribution in [-0.2, 0) is 6.54 Å². The van der Waals surface area contributed by atoms with Crippen LogP contribution in [0.15, 0.2) is 95.2 Å². The Morgan fingerprint density at radius 1 is 1.00 bits per heavy atom. The first-order valence-electron chi connectivity index (χ1n) is 9.15. The summed E-state index contributed by atoms with van der Waals surface area (Å²) in [5.74, 6) is 1.58. The molecule has 0 bridgehead atoms. The van der Waals surface area contributed by atoms with Gasteiger partial charge in [0.05, 0.1) is 12.0 Å². The van der Waals surface area contributed by atoms with E-state index in [1.165, 1.54) is 11.8 Å². The molecule has 0 amide bonds. The average molecular weight is 401 g/mol. The molecule has 0 fully saturated rings. The molecule has 5 nitrogen and oxygen atoms in total. The maximum atomic E-state index is 12.7. The Bertz CT molecular complexity index is 1100. The zero-order chi connectivity index (χ0) is 20.1. The number of nitrogens with zero attached hydrogens (tertiary/aromatic N) is 3. The number of ketones is 1. The van der Waals surface area contributed by atoms with Gasteiger partial charge in [-0.15, -0.1) is 16.8 Å². The second-order valence-corrected chi connectivity index (χ2v) is 7.28. The first kappa shape index (κ1) is 19.0. The minimum Gasteiger partial charge on any atom is -0.461 e. The minimum atomic E-state index is 0.0438. The quantitative estimate of drug-likeness (QED) is 0.226. The number of furan rings is 1. The van der Waals surface area contributed by atoms with E-state index in [0.29, 0.717) is 28.8 Å². The van der Waals surface area contributed by atoms with Crippen molar-refractivity contribution < 1.29 is 9.21 Å². The van der Waals surface area contributed by atoms with Crippen molar-refractivity contribution >= 4 is 17.5 Å². The Morgan fingerprint density at radius 2 is 1.76 bits per heavy atom. The van der Waals surface area contributed by atoms with Crippen molar-refractivity contribution in [2.45, 2.75) is 11.7 Å². The summed E-state index contributed by atoms with van der Waals surface area (Å²) < 4.78 is 7.32. The van der Waals surface area contributed by atoms with Gasteiger partial charge in [0.25, 0.3) is 0 Å². The second kappa shape index (κ2) is 8.75. The normalized spacial score (nSPS) is 10.8. The number of Topliss-reactive ketones (excluding diaryl/α,β-unsaturated/α-hetero) is 1. The van der Waals surface area contributed by atoms with E-state index in [0.717, 1.165) is 11.1 Å². The van der Waals surface area contributed by atoms with Gasteiger partial charge in [0.2, 0.25) is 5.82 Å². The molecular formula is C23H19N3O2S. The smallest absolute Gasteiger partial charge is 0.200 e. The highest BCUT2D eigenvalue weighted by atomic mass is 32.2. The molecular weight excluding hydrogens is 382 g/mol. The average Bonchev–Trinajstić information content (AvgIpc) is 3.43. The SMILES string of the molecule is C=CCn1c(SCC(=O)c2ccc(-c3ccccc3)cc2)nnc1-c1ccco1. The number of benzene rings is 2. The highest BCUT2D eigenvalue weighted by Crippen LogP contribution is 2.25. The van der Waals surface area contributed by atoms with Crippen molar-refractivity contribution in [2.24, 2.45) is 0 Å². The predicted octanol–water partition coefficient (Wildman–Crippen LogP) is 5.37. The van der Waals surface area contributed by atoms with Crippen LogP contribution in [-0.4, -0.2) is 26.3 Å². The summed E-state index contributed by atoms with van der Waals surface area (Å²) in [6.07, 6.45) is 3.36. The topological polar surface area (TPSA) is 60.9 Å². The van der Waals surface area contributed by atoms with Gasteiger partial charge in [0, 0.05) is 12.1 Å². The number of rotatable bonds is 8. The third kappa shape index (κ3) is 4.22. The van der Waals surface area contributed by atoms with Crippen molar-refractivity contribution in [3.8, 4) is 22.7 Å². The fourth-order valence-corrected chi connectivity index (χ4v) is 3.81. The lowest BCUT2D eigenvalue weighted by Crippen LogP contribution is -2.05. The van der Waals surface area contributed by atoms with E-state index in [4.69, 9.17) is 4.42 Å². The van der Waals surface area contributed by atoms with E-state index >= 15 is 0 Å². The van der Waals surface area contributed by atoms with E-state index < -0.39 is 0 Å². The number of carbonyl (C=O) groups excluding carboxylic acids is 1. The predicted molar refractivity (Wildman–Crippen MR) is 115 cm³/mol. The van der Waals surface area contributed by atoms with Gasteiger partial charge in [-0.1, -0.05) is 72.4 Å². The van der Waals surface area contributed by atoms with Crippen molar-refractivity contribution in [3.05, 3.63) is 91.2 Å². The molecule has 6 heteroatoms. The van der Waals surface area contributed by atoms with Crippen LogP contribution >= 0.6 is 11.8 Å². The summed E-state index contributed by atoms with van der Waals surface area (Å²) in [5, 5.41) is 9.10. The molecule has 0 atom stereocenters. The molecule has 0 aliphatic rings. The van der Waals surface area contributed by atoms with E-state index in [1.54, 1.807) is 18.4 Å². The Labute approximate surface area is 173 Å². The molecule has 0 aliphatic heterocycles. The molecule has 0 unspecified atom stereocenters. The van der Waals surface area contributed by atoms with Gasteiger partial charge in [-0.05, 0) is 23.3 Å². The molecule has 0 saturated heterocycles. The number of hydrogen-bond acceptors (Lipinski definition) is 5. The Balaban J connectivity index is 1.46.